The number of pyridine rings is 1. The first-order valence-corrected chi connectivity index (χ1v) is 9.02. The van der Waals surface area contributed by atoms with E-state index in [9.17, 15) is 9.59 Å². The van der Waals surface area contributed by atoms with Crippen LogP contribution in [-0.4, -0.2) is 29.5 Å². The number of nitrogens with zero attached hydrogens (tertiary/aromatic N) is 1. The van der Waals surface area contributed by atoms with Crippen LogP contribution in [0.4, 0.5) is 0 Å². The number of hydrogen-bond donors (Lipinski definition) is 1. The summed E-state index contributed by atoms with van der Waals surface area (Å²) in [4.78, 5) is 28.1. The standard InChI is InChI=1S/C19H20Cl2N2O3/c1-3-13(14-7-5-4-6-8-14)10-23-18(24)12(2)26-19(25)15-9-16(20)17(21)22-11-15/h4-9,11-13H,3,10H2,1-2H3,(H,23,24)/t12-,13+/m1/s1. The van der Waals surface area contributed by atoms with Crippen LogP contribution in [0.15, 0.2) is 42.6 Å². The number of esters is 1. The van der Waals surface area contributed by atoms with Gasteiger partial charge in [0.1, 0.15) is 5.15 Å². The van der Waals surface area contributed by atoms with Crippen molar-refractivity contribution in [3.8, 4) is 0 Å². The van der Waals surface area contributed by atoms with E-state index in [-0.39, 0.29) is 27.6 Å². The number of halogens is 2. The van der Waals surface area contributed by atoms with Crippen molar-refractivity contribution in [2.24, 2.45) is 0 Å². The molecule has 1 amide bonds. The lowest BCUT2D eigenvalue weighted by Crippen LogP contribution is -2.38. The number of hydrogen-bond acceptors (Lipinski definition) is 4. The van der Waals surface area contributed by atoms with Crippen molar-refractivity contribution < 1.29 is 14.3 Å². The average Bonchev–Trinajstić information content (AvgIpc) is 2.65. The highest BCUT2D eigenvalue weighted by molar-refractivity contribution is 6.41. The Morgan fingerprint density at radius 3 is 2.54 bits per heavy atom. The summed E-state index contributed by atoms with van der Waals surface area (Å²) in [5.74, 6) is -0.850. The Morgan fingerprint density at radius 1 is 1.23 bits per heavy atom. The van der Waals surface area contributed by atoms with Crippen LogP contribution in [0.1, 0.15) is 42.1 Å². The van der Waals surface area contributed by atoms with E-state index in [4.69, 9.17) is 27.9 Å². The van der Waals surface area contributed by atoms with Crippen molar-refractivity contribution in [1.29, 1.82) is 0 Å². The van der Waals surface area contributed by atoms with Gasteiger partial charge in [-0.1, -0.05) is 60.5 Å². The van der Waals surface area contributed by atoms with Gasteiger partial charge in [0.25, 0.3) is 5.91 Å². The third kappa shape index (κ3) is 5.44. The molecule has 0 saturated carbocycles. The molecule has 138 valence electrons. The Morgan fingerprint density at radius 2 is 1.92 bits per heavy atom. The maximum Gasteiger partial charge on any atom is 0.340 e. The fraction of sp³-hybridized carbons (Fsp3) is 0.316. The molecule has 0 spiro atoms. The zero-order valence-electron chi connectivity index (χ0n) is 14.5. The van der Waals surface area contributed by atoms with Crippen LogP contribution in [0.3, 0.4) is 0 Å². The zero-order chi connectivity index (χ0) is 19.1. The van der Waals surface area contributed by atoms with Crippen molar-refractivity contribution in [1.82, 2.24) is 10.3 Å². The van der Waals surface area contributed by atoms with E-state index in [2.05, 4.69) is 17.2 Å². The third-order valence-electron chi connectivity index (χ3n) is 3.97. The summed E-state index contributed by atoms with van der Waals surface area (Å²) in [6.45, 7) is 4.04. The third-order valence-corrected chi connectivity index (χ3v) is 4.66. The Labute approximate surface area is 162 Å². The second-order valence-corrected chi connectivity index (χ2v) is 6.57. The van der Waals surface area contributed by atoms with Crippen LogP contribution in [0.2, 0.25) is 10.2 Å². The van der Waals surface area contributed by atoms with Gasteiger partial charge in [-0.2, -0.15) is 0 Å². The van der Waals surface area contributed by atoms with Crippen molar-refractivity contribution in [2.45, 2.75) is 32.3 Å². The first-order chi connectivity index (χ1) is 12.4. The second kappa shape index (κ2) is 9.55. The monoisotopic (exact) mass is 394 g/mol. The van der Waals surface area contributed by atoms with Gasteiger partial charge in [0.05, 0.1) is 10.6 Å². The molecule has 0 bridgehead atoms. The van der Waals surface area contributed by atoms with E-state index in [1.54, 1.807) is 0 Å². The van der Waals surface area contributed by atoms with Gasteiger partial charge in [-0.05, 0) is 25.0 Å². The minimum atomic E-state index is -0.940. The van der Waals surface area contributed by atoms with Crippen LogP contribution in [-0.2, 0) is 9.53 Å². The van der Waals surface area contributed by atoms with Crippen LogP contribution in [0.25, 0.3) is 0 Å². The number of ether oxygens (including phenoxy) is 1. The van der Waals surface area contributed by atoms with Gasteiger partial charge in [0.15, 0.2) is 6.10 Å². The lowest BCUT2D eigenvalue weighted by atomic mass is 9.96. The lowest BCUT2D eigenvalue weighted by Gasteiger charge is -2.18. The van der Waals surface area contributed by atoms with Gasteiger partial charge >= 0.3 is 5.97 Å². The van der Waals surface area contributed by atoms with Crippen molar-refractivity contribution in [3.05, 3.63) is 63.9 Å². The molecule has 1 heterocycles. The van der Waals surface area contributed by atoms with Crippen LogP contribution < -0.4 is 5.32 Å². The van der Waals surface area contributed by atoms with E-state index >= 15 is 0 Å². The van der Waals surface area contributed by atoms with E-state index < -0.39 is 12.1 Å². The summed E-state index contributed by atoms with van der Waals surface area (Å²) in [7, 11) is 0. The molecule has 1 N–H and O–H groups in total. The minimum absolute atomic E-state index is 0.0977. The molecule has 0 aliphatic carbocycles. The Balaban J connectivity index is 1.90. The fourth-order valence-electron chi connectivity index (χ4n) is 2.41. The first kappa shape index (κ1) is 20.2. The van der Waals surface area contributed by atoms with E-state index in [1.807, 2.05) is 30.3 Å². The molecule has 1 aromatic carbocycles. The predicted octanol–water partition coefficient (Wildman–Crippen LogP) is 4.24. The maximum atomic E-state index is 12.2. The minimum Gasteiger partial charge on any atom is -0.449 e. The number of amides is 1. The molecular formula is C19H20Cl2N2O3. The average molecular weight is 395 g/mol. The maximum absolute atomic E-state index is 12.2. The van der Waals surface area contributed by atoms with Gasteiger partial charge in [0.2, 0.25) is 0 Å². The van der Waals surface area contributed by atoms with Crippen LogP contribution in [0, 0.1) is 0 Å². The Bertz CT molecular complexity index is 769. The highest BCUT2D eigenvalue weighted by atomic mass is 35.5. The van der Waals surface area contributed by atoms with Crippen molar-refractivity contribution in [2.75, 3.05) is 6.54 Å². The quantitative estimate of drug-likeness (QED) is 0.562. The molecule has 2 aromatic rings. The van der Waals surface area contributed by atoms with Gasteiger partial charge < -0.3 is 10.1 Å². The van der Waals surface area contributed by atoms with Gasteiger partial charge in [-0.15, -0.1) is 0 Å². The van der Waals surface area contributed by atoms with Crippen molar-refractivity contribution in [3.63, 3.8) is 0 Å². The number of aromatic nitrogens is 1. The summed E-state index contributed by atoms with van der Waals surface area (Å²) in [5.41, 5.74) is 1.29. The van der Waals surface area contributed by atoms with Gasteiger partial charge in [-0.25, -0.2) is 9.78 Å². The summed E-state index contributed by atoms with van der Waals surface area (Å²) in [6.07, 6.45) is 1.20. The first-order valence-electron chi connectivity index (χ1n) is 8.27. The molecule has 7 heteroatoms. The van der Waals surface area contributed by atoms with Gasteiger partial charge in [0, 0.05) is 18.7 Å². The van der Waals surface area contributed by atoms with E-state index in [0.29, 0.717) is 6.54 Å². The molecule has 26 heavy (non-hydrogen) atoms. The number of rotatable bonds is 7. The molecular weight excluding hydrogens is 375 g/mol. The fourth-order valence-corrected chi connectivity index (χ4v) is 2.68. The number of benzene rings is 1. The SMILES string of the molecule is CC[C@@H](CNC(=O)[C@@H](C)OC(=O)c1cnc(Cl)c(Cl)c1)c1ccccc1. The van der Waals surface area contributed by atoms with Crippen LogP contribution in [0.5, 0.6) is 0 Å². The summed E-state index contributed by atoms with van der Waals surface area (Å²) >= 11 is 11.6. The predicted molar refractivity (Wildman–Crippen MR) is 102 cm³/mol. The number of carbonyl (C=O) groups excluding carboxylic acids is 2. The van der Waals surface area contributed by atoms with E-state index in [1.165, 1.54) is 19.2 Å². The zero-order valence-corrected chi connectivity index (χ0v) is 16.1. The summed E-state index contributed by atoms with van der Waals surface area (Å²) < 4.78 is 5.17. The summed E-state index contributed by atoms with van der Waals surface area (Å²) in [5, 5.41) is 3.07. The van der Waals surface area contributed by atoms with Crippen molar-refractivity contribution >= 4 is 35.1 Å². The number of nitrogens with one attached hydrogen (secondary N) is 1. The Kier molecular flexibility index (Phi) is 7.42. The molecule has 0 radical (unpaired) electrons. The van der Waals surface area contributed by atoms with Gasteiger partial charge in [-0.3, -0.25) is 4.79 Å². The largest absolute Gasteiger partial charge is 0.449 e. The molecule has 0 aliphatic rings. The smallest absolute Gasteiger partial charge is 0.340 e. The number of carbonyl (C=O) groups is 2. The molecule has 1 aromatic heterocycles. The molecule has 0 saturated heterocycles. The molecule has 2 rings (SSSR count). The summed E-state index contributed by atoms with van der Waals surface area (Å²) in [6, 6.07) is 11.3. The molecule has 5 nitrogen and oxygen atoms in total. The normalized spacial score (nSPS) is 12.9. The molecule has 0 aliphatic heterocycles. The Hall–Kier alpha value is -2.11. The molecule has 0 fully saturated rings. The molecule has 0 unspecified atom stereocenters. The second-order valence-electron chi connectivity index (χ2n) is 5.81. The molecule has 2 atom stereocenters. The lowest BCUT2D eigenvalue weighted by molar-refractivity contribution is -0.129. The van der Waals surface area contributed by atoms with Crippen LogP contribution >= 0.6 is 23.2 Å². The highest BCUT2D eigenvalue weighted by Crippen LogP contribution is 2.20. The van der Waals surface area contributed by atoms with E-state index in [0.717, 1.165) is 12.0 Å². The highest BCUT2D eigenvalue weighted by Gasteiger charge is 2.21. The topological polar surface area (TPSA) is 68.3 Å².